The second kappa shape index (κ2) is 4.94. The second-order valence-corrected chi connectivity index (χ2v) is 4.61. The van der Waals surface area contributed by atoms with Gasteiger partial charge in [0.05, 0.1) is 0 Å². The van der Waals surface area contributed by atoms with Crippen LogP contribution in [0.1, 0.15) is 33.6 Å². The highest BCUT2D eigenvalue weighted by molar-refractivity contribution is 5.84. The first kappa shape index (κ1) is 12.5. The molecule has 0 aliphatic carbocycles. The van der Waals surface area contributed by atoms with Crippen molar-refractivity contribution in [2.24, 2.45) is 5.73 Å². The Bertz CT molecular complexity index is 220. The molecule has 0 aromatic heterocycles. The van der Waals surface area contributed by atoms with Gasteiger partial charge in [0.1, 0.15) is 5.54 Å². The van der Waals surface area contributed by atoms with Gasteiger partial charge in [-0.05, 0) is 33.2 Å². The number of carbonyl (C=O) groups excluding carboxylic acids is 1. The molecular formula is C11H23N3O. The van der Waals surface area contributed by atoms with Gasteiger partial charge in [0.25, 0.3) is 0 Å². The number of nitrogens with one attached hydrogen (secondary N) is 1. The number of likely N-dealkylation sites (N-methyl/N-ethyl adjacent to an activating group) is 1. The third-order valence-corrected chi connectivity index (χ3v) is 3.37. The topological polar surface area (TPSA) is 58.4 Å². The van der Waals surface area contributed by atoms with Crippen LogP contribution in [-0.2, 0) is 4.79 Å². The summed E-state index contributed by atoms with van der Waals surface area (Å²) in [5.74, 6) is -0.201. The fourth-order valence-corrected chi connectivity index (χ4v) is 2.27. The molecule has 4 nitrogen and oxygen atoms in total. The Kier molecular flexibility index (Phi) is 4.11. The van der Waals surface area contributed by atoms with Crippen LogP contribution in [0.3, 0.4) is 0 Å². The molecule has 3 N–H and O–H groups in total. The van der Waals surface area contributed by atoms with Crippen molar-refractivity contribution < 1.29 is 4.79 Å². The monoisotopic (exact) mass is 213 g/mol. The lowest BCUT2D eigenvalue weighted by atomic mass is 9.86. The van der Waals surface area contributed by atoms with Crippen LogP contribution in [0.4, 0.5) is 0 Å². The van der Waals surface area contributed by atoms with E-state index in [1.807, 2.05) is 6.92 Å². The summed E-state index contributed by atoms with van der Waals surface area (Å²) in [4.78, 5) is 13.9. The lowest BCUT2D eigenvalue weighted by molar-refractivity contribution is -0.126. The highest BCUT2D eigenvalue weighted by atomic mass is 16.1. The summed E-state index contributed by atoms with van der Waals surface area (Å²) < 4.78 is 0. The first-order chi connectivity index (χ1) is 7.02. The van der Waals surface area contributed by atoms with Crippen molar-refractivity contribution in [1.29, 1.82) is 0 Å². The molecule has 0 atom stereocenters. The Morgan fingerprint density at radius 1 is 1.47 bits per heavy atom. The highest BCUT2D eigenvalue weighted by Gasteiger charge is 2.39. The van der Waals surface area contributed by atoms with Crippen LogP contribution < -0.4 is 11.1 Å². The van der Waals surface area contributed by atoms with Gasteiger partial charge >= 0.3 is 0 Å². The first-order valence-electron chi connectivity index (χ1n) is 5.81. The van der Waals surface area contributed by atoms with Crippen molar-refractivity contribution in [3.63, 3.8) is 0 Å². The molecule has 1 rings (SSSR count). The van der Waals surface area contributed by atoms with E-state index in [1.54, 1.807) is 0 Å². The van der Waals surface area contributed by atoms with Gasteiger partial charge in [-0.25, -0.2) is 0 Å². The lowest BCUT2D eigenvalue weighted by Gasteiger charge is -2.41. The van der Waals surface area contributed by atoms with Crippen molar-refractivity contribution in [3.05, 3.63) is 0 Å². The van der Waals surface area contributed by atoms with Crippen LogP contribution >= 0.6 is 0 Å². The third kappa shape index (κ3) is 2.69. The van der Waals surface area contributed by atoms with Gasteiger partial charge in [-0.3, -0.25) is 4.79 Å². The summed E-state index contributed by atoms with van der Waals surface area (Å²) in [5.41, 5.74) is 5.03. The summed E-state index contributed by atoms with van der Waals surface area (Å²) in [6, 6.07) is 0.553. The number of carbonyl (C=O) groups is 1. The van der Waals surface area contributed by atoms with Crippen molar-refractivity contribution in [2.75, 3.05) is 19.6 Å². The molecule has 15 heavy (non-hydrogen) atoms. The third-order valence-electron chi connectivity index (χ3n) is 3.37. The normalized spacial score (nSPS) is 21.9. The molecule has 0 radical (unpaired) electrons. The lowest BCUT2D eigenvalue weighted by Crippen LogP contribution is -2.61. The van der Waals surface area contributed by atoms with Crippen LogP contribution in [0.5, 0.6) is 0 Å². The van der Waals surface area contributed by atoms with Gasteiger partial charge < -0.3 is 16.0 Å². The minimum absolute atomic E-state index is 0.201. The number of nitrogens with two attached hydrogens (primary N) is 1. The molecule has 1 aliphatic rings. The summed E-state index contributed by atoms with van der Waals surface area (Å²) in [6.45, 7) is 9.08. The maximum atomic E-state index is 11.5. The molecule has 0 saturated carbocycles. The van der Waals surface area contributed by atoms with E-state index < -0.39 is 5.54 Å². The molecule has 0 unspecified atom stereocenters. The van der Waals surface area contributed by atoms with Gasteiger partial charge in [-0.15, -0.1) is 0 Å². The van der Waals surface area contributed by atoms with Crippen LogP contribution in [0, 0.1) is 0 Å². The zero-order valence-corrected chi connectivity index (χ0v) is 10.0. The molecule has 1 aliphatic heterocycles. The average molecular weight is 213 g/mol. The molecular weight excluding hydrogens is 190 g/mol. The van der Waals surface area contributed by atoms with Crippen LogP contribution in [0.15, 0.2) is 0 Å². The van der Waals surface area contributed by atoms with E-state index >= 15 is 0 Å². The Morgan fingerprint density at radius 2 is 2.00 bits per heavy atom. The summed E-state index contributed by atoms with van der Waals surface area (Å²) in [5, 5.41) is 3.26. The van der Waals surface area contributed by atoms with Crippen molar-refractivity contribution in [1.82, 2.24) is 10.2 Å². The Labute approximate surface area is 92.2 Å². The van der Waals surface area contributed by atoms with Crippen LogP contribution in [0.2, 0.25) is 0 Å². The van der Waals surface area contributed by atoms with Gasteiger partial charge in [0.2, 0.25) is 5.91 Å². The van der Waals surface area contributed by atoms with Gasteiger partial charge in [-0.2, -0.15) is 0 Å². The van der Waals surface area contributed by atoms with Gasteiger partial charge in [0.15, 0.2) is 0 Å². The Hall–Kier alpha value is -0.610. The minimum Gasteiger partial charge on any atom is -0.368 e. The van der Waals surface area contributed by atoms with Crippen molar-refractivity contribution in [3.8, 4) is 0 Å². The first-order valence-corrected chi connectivity index (χ1v) is 5.81. The zero-order valence-electron chi connectivity index (χ0n) is 10.0. The van der Waals surface area contributed by atoms with Crippen molar-refractivity contribution in [2.45, 2.75) is 45.2 Å². The molecule has 4 heteroatoms. The molecule has 1 amide bonds. The predicted octanol–water partition coefficient (Wildman–Crippen LogP) is 0.324. The number of rotatable bonds is 4. The number of hydrogen-bond donors (Lipinski definition) is 2. The molecule has 1 fully saturated rings. The fraction of sp³-hybridized carbons (Fsp3) is 0.909. The number of hydrogen-bond acceptors (Lipinski definition) is 3. The fourth-order valence-electron chi connectivity index (χ4n) is 2.27. The van der Waals surface area contributed by atoms with Gasteiger partial charge in [-0.1, -0.05) is 6.92 Å². The molecule has 0 spiro atoms. The summed E-state index contributed by atoms with van der Waals surface area (Å²) in [6.07, 6.45) is 1.66. The number of primary amides is 1. The molecule has 0 aromatic carbocycles. The number of piperidine rings is 1. The van der Waals surface area contributed by atoms with E-state index in [2.05, 4.69) is 24.1 Å². The quantitative estimate of drug-likeness (QED) is 0.707. The molecule has 0 bridgehead atoms. The molecule has 88 valence electrons. The van der Waals surface area contributed by atoms with E-state index in [0.717, 1.165) is 32.5 Å². The van der Waals surface area contributed by atoms with Crippen LogP contribution in [-0.4, -0.2) is 42.0 Å². The summed E-state index contributed by atoms with van der Waals surface area (Å²) >= 11 is 0. The highest BCUT2D eigenvalue weighted by Crippen LogP contribution is 2.23. The summed E-state index contributed by atoms with van der Waals surface area (Å²) in [7, 11) is 0. The number of amides is 1. The van der Waals surface area contributed by atoms with E-state index in [4.69, 9.17) is 5.73 Å². The number of nitrogens with zero attached hydrogens (tertiary/aromatic N) is 1. The standard InChI is InChI=1S/C11H23N3O/c1-4-13-11(10(12)15)5-7-14(8-6-11)9(2)3/h9,13H,4-8H2,1-3H3,(H2,12,15). The van der Waals surface area contributed by atoms with Crippen LogP contribution in [0.25, 0.3) is 0 Å². The van der Waals surface area contributed by atoms with Gasteiger partial charge in [0, 0.05) is 19.1 Å². The van der Waals surface area contributed by atoms with E-state index in [-0.39, 0.29) is 5.91 Å². The van der Waals surface area contributed by atoms with Crippen molar-refractivity contribution >= 4 is 5.91 Å². The maximum Gasteiger partial charge on any atom is 0.237 e. The predicted molar refractivity (Wildman–Crippen MR) is 61.5 cm³/mol. The van der Waals surface area contributed by atoms with E-state index in [9.17, 15) is 4.79 Å². The second-order valence-electron chi connectivity index (χ2n) is 4.61. The largest absolute Gasteiger partial charge is 0.368 e. The van der Waals surface area contributed by atoms with E-state index in [0.29, 0.717) is 6.04 Å². The number of likely N-dealkylation sites (tertiary alicyclic amines) is 1. The average Bonchev–Trinajstić information content (AvgIpc) is 2.18. The SMILES string of the molecule is CCNC1(C(N)=O)CCN(C(C)C)CC1. The minimum atomic E-state index is -0.458. The molecule has 1 heterocycles. The zero-order chi connectivity index (χ0) is 11.5. The molecule has 0 aromatic rings. The smallest absolute Gasteiger partial charge is 0.237 e. The van der Waals surface area contributed by atoms with E-state index in [1.165, 1.54) is 0 Å². The Morgan fingerprint density at radius 3 is 2.33 bits per heavy atom. The maximum absolute atomic E-state index is 11.5. The Balaban J connectivity index is 2.61. The molecule has 1 saturated heterocycles.